The van der Waals surface area contributed by atoms with Crippen molar-refractivity contribution in [1.82, 2.24) is 10.2 Å². The number of hydrogen-bond donors (Lipinski definition) is 2. The van der Waals surface area contributed by atoms with Gasteiger partial charge in [0.25, 0.3) is 5.91 Å². The number of halogens is 1. The summed E-state index contributed by atoms with van der Waals surface area (Å²) in [6.07, 6.45) is 1.29. The lowest BCUT2D eigenvalue weighted by molar-refractivity contribution is -0.123. The molecule has 7 heteroatoms. The Labute approximate surface area is 188 Å². The van der Waals surface area contributed by atoms with Crippen LogP contribution in [-0.2, 0) is 16.0 Å². The van der Waals surface area contributed by atoms with Gasteiger partial charge >= 0.3 is 0 Å². The maximum absolute atomic E-state index is 13.2. The van der Waals surface area contributed by atoms with E-state index >= 15 is 0 Å². The summed E-state index contributed by atoms with van der Waals surface area (Å²) in [5, 5.41) is 5.78. The number of rotatable bonds is 6. The highest BCUT2D eigenvalue weighted by Crippen LogP contribution is 2.27. The van der Waals surface area contributed by atoms with Crippen LogP contribution in [0.25, 0.3) is 0 Å². The summed E-state index contributed by atoms with van der Waals surface area (Å²) in [5.41, 5.74) is 1.62. The van der Waals surface area contributed by atoms with E-state index < -0.39 is 5.91 Å². The van der Waals surface area contributed by atoms with E-state index in [0.29, 0.717) is 41.2 Å². The van der Waals surface area contributed by atoms with Crippen molar-refractivity contribution in [3.05, 3.63) is 64.7 Å². The molecule has 3 rings (SSSR count). The molecule has 2 atom stereocenters. The molecular weight excluding hydrogens is 414 g/mol. The zero-order chi connectivity index (χ0) is 22.4. The Kier molecular flexibility index (Phi) is 7.69. The minimum Gasteiger partial charge on any atom is -0.347 e. The van der Waals surface area contributed by atoms with Gasteiger partial charge in [-0.3, -0.25) is 14.4 Å². The van der Waals surface area contributed by atoms with Crippen molar-refractivity contribution in [1.29, 1.82) is 0 Å². The molecule has 2 N–H and O–H groups in total. The molecule has 1 aliphatic rings. The second kappa shape index (κ2) is 10.4. The maximum Gasteiger partial charge on any atom is 0.256 e. The predicted molar refractivity (Wildman–Crippen MR) is 122 cm³/mol. The summed E-state index contributed by atoms with van der Waals surface area (Å²) in [7, 11) is 0. The monoisotopic (exact) mass is 441 g/mol. The van der Waals surface area contributed by atoms with Crippen molar-refractivity contribution in [2.45, 2.75) is 26.7 Å². The van der Waals surface area contributed by atoms with E-state index in [1.807, 2.05) is 35.2 Å². The third kappa shape index (κ3) is 6.56. The molecule has 0 unspecified atom stereocenters. The van der Waals surface area contributed by atoms with Crippen LogP contribution in [-0.4, -0.2) is 42.3 Å². The van der Waals surface area contributed by atoms with Gasteiger partial charge in [-0.25, -0.2) is 0 Å². The van der Waals surface area contributed by atoms with Gasteiger partial charge in [0.05, 0.1) is 24.2 Å². The molecule has 164 valence electrons. The van der Waals surface area contributed by atoms with Crippen LogP contribution in [0.15, 0.2) is 48.5 Å². The third-order valence-corrected chi connectivity index (χ3v) is 5.53. The van der Waals surface area contributed by atoms with Crippen molar-refractivity contribution in [3.63, 3.8) is 0 Å². The molecule has 1 fully saturated rings. The zero-order valence-electron chi connectivity index (χ0n) is 17.9. The number of likely N-dealkylation sites (tertiary alicyclic amines) is 1. The fourth-order valence-electron chi connectivity index (χ4n) is 4.02. The largest absolute Gasteiger partial charge is 0.347 e. The van der Waals surface area contributed by atoms with Crippen LogP contribution in [0.5, 0.6) is 0 Å². The van der Waals surface area contributed by atoms with Crippen LogP contribution < -0.4 is 10.6 Å². The van der Waals surface area contributed by atoms with Gasteiger partial charge in [0.2, 0.25) is 11.8 Å². The molecule has 0 saturated carbocycles. The molecule has 0 bridgehead atoms. The third-order valence-electron chi connectivity index (χ3n) is 5.30. The normalized spacial score (nSPS) is 18.4. The van der Waals surface area contributed by atoms with Crippen LogP contribution >= 0.6 is 11.6 Å². The number of hydrogen-bond acceptors (Lipinski definition) is 3. The maximum atomic E-state index is 13.2. The molecule has 1 saturated heterocycles. The molecule has 31 heavy (non-hydrogen) atoms. The SMILES string of the molecule is C[C@@H]1C[C@H](C)CN(C(=O)c2cc(Cl)ccc2NC(=O)CNC(=O)Cc2ccccc2)C1. The molecule has 6 nitrogen and oxygen atoms in total. The zero-order valence-corrected chi connectivity index (χ0v) is 18.6. The van der Waals surface area contributed by atoms with E-state index in [-0.39, 0.29) is 24.8 Å². The second-order valence-electron chi connectivity index (χ2n) is 8.33. The quantitative estimate of drug-likeness (QED) is 0.716. The number of nitrogens with zero attached hydrogens (tertiary/aromatic N) is 1. The Morgan fingerprint density at radius 2 is 1.68 bits per heavy atom. The average molecular weight is 442 g/mol. The van der Waals surface area contributed by atoms with Crippen LogP contribution in [0.4, 0.5) is 5.69 Å². The molecule has 3 amide bonds. The van der Waals surface area contributed by atoms with Gasteiger partial charge in [0.15, 0.2) is 0 Å². The van der Waals surface area contributed by atoms with Gasteiger partial charge in [0, 0.05) is 18.1 Å². The van der Waals surface area contributed by atoms with E-state index in [1.165, 1.54) is 0 Å². The highest BCUT2D eigenvalue weighted by Gasteiger charge is 2.28. The van der Waals surface area contributed by atoms with Crippen molar-refractivity contribution < 1.29 is 14.4 Å². The summed E-state index contributed by atoms with van der Waals surface area (Å²) >= 11 is 6.13. The predicted octanol–water partition coefficient (Wildman–Crippen LogP) is 3.76. The van der Waals surface area contributed by atoms with Crippen LogP contribution in [0.3, 0.4) is 0 Å². The van der Waals surface area contributed by atoms with Crippen LogP contribution in [0, 0.1) is 11.8 Å². The Morgan fingerprint density at radius 1 is 1.00 bits per heavy atom. The number of anilines is 1. The summed E-state index contributed by atoms with van der Waals surface area (Å²) in [6, 6.07) is 14.1. The van der Waals surface area contributed by atoms with Crippen molar-refractivity contribution in [2.75, 3.05) is 25.0 Å². The molecule has 0 aliphatic carbocycles. The van der Waals surface area contributed by atoms with E-state index in [9.17, 15) is 14.4 Å². The average Bonchev–Trinajstić information content (AvgIpc) is 2.73. The summed E-state index contributed by atoms with van der Waals surface area (Å²) in [6.45, 7) is 5.44. The minimum absolute atomic E-state index is 0.149. The van der Waals surface area contributed by atoms with Crippen LogP contribution in [0.1, 0.15) is 36.2 Å². The summed E-state index contributed by atoms with van der Waals surface area (Å²) in [5.74, 6) is 0.0435. The second-order valence-corrected chi connectivity index (χ2v) is 8.77. The van der Waals surface area contributed by atoms with Crippen LogP contribution in [0.2, 0.25) is 5.02 Å². The van der Waals surface area contributed by atoms with Crippen molar-refractivity contribution >= 4 is 35.0 Å². The fourth-order valence-corrected chi connectivity index (χ4v) is 4.19. The van der Waals surface area contributed by atoms with Gasteiger partial charge < -0.3 is 15.5 Å². The molecule has 0 aromatic heterocycles. The lowest BCUT2D eigenvalue weighted by Crippen LogP contribution is -2.43. The highest BCUT2D eigenvalue weighted by molar-refractivity contribution is 6.31. The molecule has 1 aliphatic heterocycles. The molecule has 0 spiro atoms. The summed E-state index contributed by atoms with van der Waals surface area (Å²) in [4.78, 5) is 39.5. The molecular formula is C24H28ClN3O3. The molecule has 2 aromatic rings. The van der Waals surface area contributed by atoms with Gasteiger partial charge in [0.1, 0.15) is 0 Å². The lowest BCUT2D eigenvalue weighted by atomic mass is 9.91. The first-order valence-corrected chi connectivity index (χ1v) is 10.9. The van der Waals surface area contributed by atoms with Gasteiger partial charge in [-0.15, -0.1) is 0 Å². The van der Waals surface area contributed by atoms with Crippen molar-refractivity contribution in [2.24, 2.45) is 11.8 Å². The highest BCUT2D eigenvalue weighted by atomic mass is 35.5. The van der Waals surface area contributed by atoms with E-state index in [2.05, 4.69) is 24.5 Å². The first-order chi connectivity index (χ1) is 14.8. The Balaban J connectivity index is 1.62. The first-order valence-electron chi connectivity index (χ1n) is 10.5. The number of carbonyl (C=O) groups excluding carboxylic acids is 3. The topological polar surface area (TPSA) is 78.5 Å². The number of piperidine rings is 1. The van der Waals surface area contributed by atoms with Gasteiger partial charge in [-0.1, -0.05) is 55.8 Å². The van der Waals surface area contributed by atoms with E-state index in [0.717, 1.165) is 12.0 Å². The summed E-state index contributed by atoms with van der Waals surface area (Å²) < 4.78 is 0. The standard InChI is InChI=1S/C24H28ClN3O3/c1-16-10-17(2)15-28(14-16)24(31)20-12-19(25)8-9-21(20)27-23(30)13-26-22(29)11-18-6-4-3-5-7-18/h3-9,12,16-17H,10-11,13-15H2,1-2H3,(H,26,29)(H,27,30)/t16-,17+. The Morgan fingerprint density at radius 3 is 2.35 bits per heavy atom. The lowest BCUT2D eigenvalue weighted by Gasteiger charge is -2.35. The fraction of sp³-hybridized carbons (Fsp3) is 0.375. The van der Waals surface area contributed by atoms with Gasteiger partial charge in [-0.05, 0) is 42.0 Å². The minimum atomic E-state index is -0.404. The van der Waals surface area contributed by atoms with Crippen molar-refractivity contribution in [3.8, 4) is 0 Å². The number of amides is 3. The van der Waals surface area contributed by atoms with E-state index in [4.69, 9.17) is 11.6 Å². The molecule has 1 heterocycles. The molecule has 2 aromatic carbocycles. The Hall–Kier alpha value is -2.86. The number of carbonyl (C=O) groups is 3. The smallest absolute Gasteiger partial charge is 0.256 e. The van der Waals surface area contributed by atoms with Gasteiger partial charge in [-0.2, -0.15) is 0 Å². The number of benzene rings is 2. The Bertz CT molecular complexity index is 938. The van der Waals surface area contributed by atoms with E-state index in [1.54, 1.807) is 18.2 Å². The molecule has 0 radical (unpaired) electrons. The number of nitrogens with one attached hydrogen (secondary N) is 2. The first kappa shape index (κ1) is 22.8.